The number of ether oxygens (including phenoxy) is 3. The van der Waals surface area contributed by atoms with Gasteiger partial charge >= 0.3 is 0 Å². The number of nitrogens with one attached hydrogen (secondary N) is 2. The van der Waals surface area contributed by atoms with Crippen LogP contribution in [0.5, 0.6) is 17.2 Å². The maximum Gasteiger partial charge on any atom is 0.241 e. The lowest BCUT2D eigenvalue weighted by atomic mass is 10.1. The average molecular weight is 478 g/mol. The summed E-state index contributed by atoms with van der Waals surface area (Å²) in [6.07, 6.45) is 3.58. The predicted octanol–water partition coefficient (Wildman–Crippen LogP) is 2.76. The minimum absolute atomic E-state index is 0.0718. The molecule has 0 radical (unpaired) electrons. The Kier molecular flexibility index (Phi) is 8.26. The number of benzene rings is 2. The van der Waals surface area contributed by atoms with E-state index >= 15 is 0 Å². The number of carbonyl (C=O) groups excluding carboxylic acids is 1. The van der Waals surface area contributed by atoms with Gasteiger partial charge < -0.3 is 24.4 Å². The van der Waals surface area contributed by atoms with E-state index in [4.69, 9.17) is 14.2 Å². The summed E-state index contributed by atoms with van der Waals surface area (Å²) in [5.41, 5.74) is 2.12. The van der Waals surface area contributed by atoms with Crippen LogP contribution in [0.1, 0.15) is 24.8 Å². The highest BCUT2D eigenvalue weighted by molar-refractivity contribution is 7.93. The Morgan fingerprint density at radius 2 is 1.52 bits per heavy atom. The maximum absolute atomic E-state index is 12.5. The zero-order chi connectivity index (χ0) is 23.8. The summed E-state index contributed by atoms with van der Waals surface area (Å²) in [5, 5.41) is 2.62. The Balaban J connectivity index is 1.57. The lowest BCUT2D eigenvalue weighted by molar-refractivity contribution is -0.118. The first-order valence-corrected chi connectivity index (χ1v) is 12.4. The first-order chi connectivity index (χ1) is 15.8. The molecule has 1 heterocycles. The molecule has 3 rings (SSSR count). The summed E-state index contributed by atoms with van der Waals surface area (Å²) < 4.78 is 43.3. The van der Waals surface area contributed by atoms with Gasteiger partial charge in [-0.3, -0.25) is 9.52 Å². The van der Waals surface area contributed by atoms with E-state index < -0.39 is 21.7 Å². The molecule has 9 nitrogen and oxygen atoms in total. The first kappa shape index (κ1) is 24.5. The largest absolute Gasteiger partial charge is 0.496 e. The van der Waals surface area contributed by atoms with Crippen LogP contribution < -0.4 is 29.1 Å². The summed E-state index contributed by atoms with van der Waals surface area (Å²) in [7, 11) is 0.646. The molecule has 33 heavy (non-hydrogen) atoms. The number of sulfonamides is 1. The molecule has 0 aromatic heterocycles. The third-order valence-electron chi connectivity index (χ3n) is 5.45. The molecule has 1 fully saturated rings. The third-order valence-corrected chi connectivity index (χ3v) is 6.63. The van der Waals surface area contributed by atoms with Crippen LogP contribution in [-0.4, -0.2) is 54.5 Å². The second-order valence-electron chi connectivity index (χ2n) is 7.75. The number of carbonyl (C=O) groups is 1. The fraction of sp³-hybridized carbons (Fsp3) is 0.435. The standard InChI is InChI=1S/C23H31N3O6S/c1-30-20-14-22(32-3)21(31-2)13-17(20)15-24-23(27)16-33(28,29)25-18-7-9-19(10-8-18)26-11-5-4-6-12-26/h7-10,13-14,25H,4-6,11-12,15-16H2,1-3H3,(H,24,27). The molecule has 0 spiro atoms. The quantitative estimate of drug-likeness (QED) is 0.542. The Labute approximate surface area is 195 Å². The van der Waals surface area contributed by atoms with E-state index in [1.807, 2.05) is 12.1 Å². The summed E-state index contributed by atoms with van der Waals surface area (Å²) in [5.74, 6) is 0.121. The Bertz CT molecular complexity index is 1050. The molecule has 0 unspecified atom stereocenters. The van der Waals surface area contributed by atoms with Gasteiger partial charge in [-0.2, -0.15) is 0 Å². The molecule has 0 atom stereocenters. The Morgan fingerprint density at radius 3 is 2.12 bits per heavy atom. The molecular formula is C23H31N3O6S. The highest BCUT2D eigenvalue weighted by Gasteiger charge is 2.18. The van der Waals surface area contributed by atoms with Gasteiger partial charge in [0.15, 0.2) is 11.5 Å². The van der Waals surface area contributed by atoms with Crippen molar-refractivity contribution in [2.45, 2.75) is 25.8 Å². The minimum atomic E-state index is -3.87. The van der Waals surface area contributed by atoms with E-state index in [0.717, 1.165) is 18.8 Å². The zero-order valence-electron chi connectivity index (χ0n) is 19.2. The molecule has 180 valence electrons. The number of hydrogen-bond acceptors (Lipinski definition) is 7. The van der Waals surface area contributed by atoms with Crippen molar-refractivity contribution in [1.29, 1.82) is 0 Å². The minimum Gasteiger partial charge on any atom is -0.496 e. The van der Waals surface area contributed by atoms with Crippen LogP contribution in [0.2, 0.25) is 0 Å². The molecule has 2 N–H and O–H groups in total. The summed E-state index contributed by atoms with van der Waals surface area (Å²) in [4.78, 5) is 14.6. The second kappa shape index (κ2) is 11.1. The molecule has 1 aliphatic heterocycles. The van der Waals surface area contributed by atoms with E-state index in [9.17, 15) is 13.2 Å². The SMILES string of the molecule is COc1cc(OC)c(OC)cc1CNC(=O)CS(=O)(=O)Nc1ccc(N2CCCCC2)cc1. The first-order valence-electron chi connectivity index (χ1n) is 10.8. The summed E-state index contributed by atoms with van der Waals surface area (Å²) >= 11 is 0. The molecule has 0 aliphatic carbocycles. The van der Waals surface area contributed by atoms with Crippen LogP contribution in [0, 0.1) is 0 Å². The number of methoxy groups -OCH3 is 3. The average Bonchev–Trinajstić information content (AvgIpc) is 2.82. The van der Waals surface area contributed by atoms with Gasteiger partial charge in [0.2, 0.25) is 15.9 Å². The highest BCUT2D eigenvalue weighted by Crippen LogP contribution is 2.34. The molecule has 1 amide bonds. The molecular weight excluding hydrogens is 446 g/mol. The van der Waals surface area contributed by atoms with Gasteiger partial charge in [-0.15, -0.1) is 0 Å². The topological polar surface area (TPSA) is 106 Å². The van der Waals surface area contributed by atoms with Gasteiger partial charge in [-0.1, -0.05) is 0 Å². The monoisotopic (exact) mass is 477 g/mol. The van der Waals surface area contributed by atoms with E-state index in [2.05, 4.69) is 14.9 Å². The third kappa shape index (κ3) is 6.67. The molecule has 1 aliphatic rings. The molecule has 2 aromatic rings. The number of rotatable bonds is 10. The summed E-state index contributed by atoms with van der Waals surface area (Å²) in [6.45, 7) is 2.09. The van der Waals surface area contributed by atoms with Gasteiger partial charge in [0.25, 0.3) is 0 Å². The van der Waals surface area contributed by atoms with Gasteiger partial charge in [0.1, 0.15) is 11.5 Å². The molecule has 1 saturated heterocycles. The Hall–Kier alpha value is -3.14. The van der Waals surface area contributed by atoms with Crippen molar-refractivity contribution in [2.24, 2.45) is 0 Å². The van der Waals surface area contributed by atoms with E-state index in [1.54, 1.807) is 24.3 Å². The van der Waals surface area contributed by atoms with E-state index in [1.165, 1.54) is 40.6 Å². The molecule has 2 aromatic carbocycles. The van der Waals surface area contributed by atoms with Gasteiger partial charge in [0, 0.05) is 42.6 Å². The van der Waals surface area contributed by atoms with Crippen LogP contribution in [0.3, 0.4) is 0 Å². The summed E-state index contributed by atoms with van der Waals surface area (Å²) in [6, 6.07) is 10.5. The van der Waals surface area contributed by atoms with Crippen molar-refractivity contribution >= 4 is 27.3 Å². The van der Waals surface area contributed by atoms with Crippen LogP contribution >= 0.6 is 0 Å². The highest BCUT2D eigenvalue weighted by atomic mass is 32.2. The maximum atomic E-state index is 12.5. The second-order valence-corrected chi connectivity index (χ2v) is 9.47. The number of nitrogens with zero attached hydrogens (tertiary/aromatic N) is 1. The molecule has 0 bridgehead atoms. The fourth-order valence-electron chi connectivity index (χ4n) is 3.76. The lowest BCUT2D eigenvalue weighted by Gasteiger charge is -2.28. The lowest BCUT2D eigenvalue weighted by Crippen LogP contribution is -2.32. The van der Waals surface area contributed by atoms with Crippen molar-refractivity contribution in [3.05, 3.63) is 42.0 Å². The number of amides is 1. The molecule has 10 heteroatoms. The predicted molar refractivity (Wildman–Crippen MR) is 128 cm³/mol. The van der Waals surface area contributed by atoms with E-state index in [-0.39, 0.29) is 6.54 Å². The van der Waals surface area contributed by atoms with Gasteiger partial charge in [-0.25, -0.2) is 8.42 Å². The van der Waals surface area contributed by atoms with Crippen molar-refractivity contribution in [3.8, 4) is 17.2 Å². The van der Waals surface area contributed by atoms with Crippen LogP contribution in [0.25, 0.3) is 0 Å². The van der Waals surface area contributed by atoms with E-state index in [0.29, 0.717) is 28.5 Å². The number of hydrogen-bond donors (Lipinski definition) is 2. The normalized spacial score (nSPS) is 13.8. The zero-order valence-corrected chi connectivity index (χ0v) is 20.0. The van der Waals surface area contributed by atoms with Gasteiger partial charge in [-0.05, 0) is 49.6 Å². The van der Waals surface area contributed by atoms with Crippen LogP contribution in [-0.2, 0) is 21.4 Å². The smallest absolute Gasteiger partial charge is 0.241 e. The number of piperidine rings is 1. The molecule has 0 saturated carbocycles. The van der Waals surface area contributed by atoms with Crippen molar-refractivity contribution in [1.82, 2.24) is 5.32 Å². The number of anilines is 2. The van der Waals surface area contributed by atoms with Crippen LogP contribution in [0.4, 0.5) is 11.4 Å². The van der Waals surface area contributed by atoms with Gasteiger partial charge in [0.05, 0.1) is 21.3 Å². The van der Waals surface area contributed by atoms with Crippen molar-refractivity contribution in [3.63, 3.8) is 0 Å². The Morgan fingerprint density at radius 1 is 0.909 bits per heavy atom. The van der Waals surface area contributed by atoms with Crippen LogP contribution in [0.15, 0.2) is 36.4 Å². The fourth-order valence-corrected chi connectivity index (χ4v) is 4.77. The van der Waals surface area contributed by atoms with Crippen molar-refractivity contribution < 1.29 is 27.4 Å². The van der Waals surface area contributed by atoms with Crippen molar-refractivity contribution in [2.75, 3.05) is 49.8 Å².